The lowest BCUT2D eigenvalue weighted by Crippen LogP contribution is -2.52. The number of hydrogen-bond acceptors (Lipinski definition) is 4. The molecule has 0 radical (unpaired) electrons. The van der Waals surface area contributed by atoms with E-state index in [9.17, 15) is 14.4 Å². The van der Waals surface area contributed by atoms with Gasteiger partial charge in [-0.1, -0.05) is 0 Å². The van der Waals surface area contributed by atoms with E-state index in [2.05, 4.69) is 5.32 Å². The van der Waals surface area contributed by atoms with Gasteiger partial charge in [-0.05, 0) is 24.1 Å². The summed E-state index contributed by atoms with van der Waals surface area (Å²) >= 11 is 5.66. The summed E-state index contributed by atoms with van der Waals surface area (Å²) in [6, 6.07) is 0.714. The number of amides is 3. The van der Waals surface area contributed by atoms with E-state index in [1.807, 2.05) is 0 Å². The van der Waals surface area contributed by atoms with Crippen molar-refractivity contribution in [3.05, 3.63) is 23.1 Å². The first-order valence-corrected chi connectivity index (χ1v) is 5.72. The van der Waals surface area contributed by atoms with Crippen LogP contribution in [0.4, 0.5) is 0 Å². The van der Waals surface area contributed by atoms with Gasteiger partial charge in [-0.15, -0.1) is 0 Å². The SMILES string of the molecule is CN1C(=O)CCC(NC(=O)c2ccoc2Cl)C1=O. The quantitative estimate of drug-likeness (QED) is 0.807. The predicted molar refractivity (Wildman–Crippen MR) is 62.0 cm³/mol. The Balaban J connectivity index is 2.06. The molecule has 1 aliphatic rings. The molecular weight excluding hydrogens is 260 g/mol. The van der Waals surface area contributed by atoms with Crippen molar-refractivity contribution in [3.8, 4) is 0 Å². The molecule has 1 atom stereocenters. The lowest BCUT2D eigenvalue weighted by atomic mass is 10.0. The molecule has 1 aromatic heterocycles. The summed E-state index contributed by atoms with van der Waals surface area (Å²) in [5.41, 5.74) is 0.170. The third-order valence-electron chi connectivity index (χ3n) is 2.82. The molecule has 1 fully saturated rings. The highest BCUT2D eigenvalue weighted by Crippen LogP contribution is 2.18. The Bertz CT molecular complexity index is 511. The van der Waals surface area contributed by atoms with Crippen LogP contribution in [0.1, 0.15) is 23.2 Å². The van der Waals surface area contributed by atoms with Gasteiger partial charge in [0.15, 0.2) is 0 Å². The van der Waals surface area contributed by atoms with Gasteiger partial charge in [-0.2, -0.15) is 0 Å². The van der Waals surface area contributed by atoms with Crippen molar-refractivity contribution < 1.29 is 18.8 Å². The molecule has 6 nitrogen and oxygen atoms in total. The van der Waals surface area contributed by atoms with Crippen molar-refractivity contribution in [2.24, 2.45) is 0 Å². The van der Waals surface area contributed by atoms with Crippen molar-refractivity contribution in [1.29, 1.82) is 0 Å². The van der Waals surface area contributed by atoms with Crippen LogP contribution in [0.25, 0.3) is 0 Å². The first-order chi connectivity index (χ1) is 8.50. The highest BCUT2D eigenvalue weighted by atomic mass is 35.5. The fraction of sp³-hybridized carbons (Fsp3) is 0.364. The minimum absolute atomic E-state index is 0.0276. The highest BCUT2D eigenvalue weighted by molar-refractivity contribution is 6.32. The van der Waals surface area contributed by atoms with Gasteiger partial charge in [0.2, 0.25) is 11.1 Å². The number of nitrogens with zero attached hydrogens (tertiary/aromatic N) is 1. The van der Waals surface area contributed by atoms with Crippen LogP contribution in [-0.4, -0.2) is 35.7 Å². The molecule has 1 unspecified atom stereocenters. The average molecular weight is 271 g/mol. The summed E-state index contributed by atoms with van der Waals surface area (Å²) in [4.78, 5) is 35.9. The second-order valence-corrected chi connectivity index (χ2v) is 4.31. The molecule has 1 aliphatic heterocycles. The van der Waals surface area contributed by atoms with Crippen molar-refractivity contribution in [2.45, 2.75) is 18.9 Å². The first-order valence-electron chi connectivity index (χ1n) is 5.35. The molecule has 2 rings (SSSR count). The van der Waals surface area contributed by atoms with Crippen LogP contribution in [0.3, 0.4) is 0 Å². The lowest BCUT2D eigenvalue weighted by molar-refractivity contribution is -0.147. The van der Waals surface area contributed by atoms with Crippen molar-refractivity contribution >= 4 is 29.3 Å². The van der Waals surface area contributed by atoms with Gasteiger partial charge in [0.25, 0.3) is 11.8 Å². The third-order valence-corrected chi connectivity index (χ3v) is 3.11. The summed E-state index contributed by atoms with van der Waals surface area (Å²) in [7, 11) is 1.40. The van der Waals surface area contributed by atoms with Crippen LogP contribution < -0.4 is 5.32 Å². The normalized spacial score (nSPS) is 20.1. The predicted octanol–water partition coefficient (Wildman–Crippen LogP) is 0.810. The number of likely N-dealkylation sites (N-methyl/N-ethyl adjacent to an activating group) is 1. The number of nitrogens with one attached hydrogen (secondary N) is 1. The van der Waals surface area contributed by atoms with E-state index in [0.29, 0.717) is 6.42 Å². The van der Waals surface area contributed by atoms with E-state index in [1.54, 1.807) is 0 Å². The van der Waals surface area contributed by atoms with E-state index in [-0.39, 0.29) is 23.1 Å². The Morgan fingerprint density at radius 1 is 1.56 bits per heavy atom. The van der Waals surface area contributed by atoms with Crippen LogP contribution in [-0.2, 0) is 9.59 Å². The standard InChI is InChI=1S/C11H11ClN2O4/c1-14-8(15)3-2-7(11(14)17)13-10(16)6-4-5-18-9(6)12/h4-5,7H,2-3H2,1H3,(H,13,16). The van der Waals surface area contributed by atoms with E-state index in [0.717, 1.165) is 4.90 Å². The summed E-state index contributed by atoms with van der Waals surface area (Å²) in [6.45, 7) is 0. The van der Waals surface area contributed by atoms with Crippen molar-refractivity contribution in [3.63, 3.8) is 0 Å². The minimum atomic E-state index is -0.703. The third kappa shape index (κ3) is 2.24. The molecule has 1 aromatic rings. The zero-order valence-electron chi connectivity index (χ0n) is 9.60. The van der Waals surface area contributed by atoms with Gasteiger partial charge >= 0.3 is 0 Å². The Kier molecular flexibility index (Phi) is 3.38. The molecule has 0 aromatic carbocycles. The smallest absolute Gasteiger partial charge is 0.256 e. The van der Waals surface area contributed by atoms with E-state index in [1.165, 1.54) is 19.4 Å². The molecule has 1 N–H and O–H groups in total. The molecule has 18 heavy (non-hydrogen) atoms. The van der Waals surface area contributed by atoms with Gasteiger partial charge in [0.1, 0.15) is 6.04 Å². The Labute approximate surface area is 108 Å². The minimum Gasteiger partial charge on any atom is -0.452 e. The molecular formula is C11H11ClN2O4. The molecule has 3 amide bonds. The van der Waals surface area contributed by atoms with Gasteiger partial charge in [-0.25, -0.2) is 0 Å². The van der Waals surface area contributed by atoms with E-state index >= 15 is 0 Å². The number of piperidine rings is 1. The first kappa shape index (κ1) is 12.6. The molecule has 0 aliphatic carbocycles. The molecule has 0 bridgehead atoms. The van der Waals surface area contributed by atoms with E-state index < -0.39 is 17.9 Å². The number of likely N-dealkylation sites (tertiary alicyclic amines) is 1. The number of imide groups is 1. The molecule has 96 valence electrons. The number of furan rings is 1. The van der Waals surface area contributed by atoms with Gasteiger partial charge in [0.05, 0.1) is 11.8 Å². The zero-order chi connectivity index (χ0) is 13.3. The second kappa shape index (κ2) is 4.81. The molecule has 2 heterocycles. The van der Waals surface area contributed by atoms with Gasteiger partial charge in [0, 0.05) is 13.5 Å². The van der Waals surface area contributed by atoms with Crippen molar-refractivity contribution in [2.75, 3.05) is 7.05 Å². The number of rotatable bonds is 2. The highest BCUT2D eigenvalue weighted by Gasteiger charge is 2.33. The Morgan fingerprint density at radius 3 is 2.89 bits per heavy atom. The fourth-order valence-electron chi connectivity index (χ4n) is 1.74. The molecule has 7 heteroatoms. The second-order valence-electron chi connectivity index (χ2n) is 3.96. The molecule has 0 saturated carbocycles. The van der Waals surface area contributed by atoms with Crippen LogP contribution in [0.15, 0.2) is 16.7 Å². The van der Waals surface area contributed by atoms with Gasteiger partial charge in [-0.3, -0.25) is 19.3 Å². The number of carbonyl (C=O) groups is 3. The fourth-order valence-corrected chi connectivity index (χ4v) is 1.94. The maximum Gasteiger partial charge on any atom is 0.256 e. The topological polar surface area (TPSA) is 79.6 Å². The summed E-state index contributed by atoms with van der Waals surface area (Å²) in [5.74, 6) is -1.15. The molecule has 1 saturated heterocycles. The Morgan fingerprint density at radius 2 is 2.28 bits per heavy atom. The summed E-state index contributed by atoms with van der Waals surface area (Å²) in [6.07, 6.45) is 1.81. The van der Waals surface area contributed by atoms with Crippen LogP contribution in [0.2, 0.25) is 5.22 Å². The number of hydrogen-bond donors (Lipinski definition) is 1. The maximum absolute atomic E-state index is 11.8. The zero-order valence-corrected chi connectivity index (χ0v) is 10.4. The number of carbonyl (C=O) groups excluding carboxylic acids is 3. The van der Waals surface area contributed by atoms with Crippen molar-refractivity contribution in [1.82, 2.24) is 10.2 Å². The monoisotopic (exact) mass is 270 g/mol. The molecule has 0 spiro atoms. The maximum atomic E-state index is 11.8. The Hall–Kier alpha value is -1.82. The number of halogens is 1. The van der Waals surface area contributed by atoms with Crippen LogP contribution in [0, 0.1) is 0 Å². The average Bonchev–Trinajstić information content (AvgIpc) is 2.76. The van der Waals surface area contributed by atoms with Gasteiger partial charge < -0.3 is 9.73 Å². The van der Waals surface area contributed by atoms with E-state index in [4.69, 9.17) is 16.0 Å². The van der Waals surface area contributed by atoms with Crippen LogP contribution >= 0.6 is 11.6 Å². The summed E-state index contributed by atoms with van der Waals surface area (Å²) < 4.78 is 4.79. The largest absolute Gasteiger partial charge is 0.452 e. The summed E-state index contributed by atoms with van der Waals surface area (Å²) in [5, 5.41) is 2.51. The lowest BCUT2D eigenvalue weighted by Gasteiger charge is -2.27. The van der Waals surface area contributed by atoms with Crippen LogP contribution in [0.5, 0.6) is 0 Å².